The predicted octanol–water partition coefficient (Wildman–Crippen LogP) is 5.33. The van der Waals surface area contributed by atoms with Gasteiger partial charge in [0.05, 0.1) is 5.52 Å². The fraction of sp³-hybridized carbons (Fsp3) is 0.571. The number of nitrogens with zero attached hydrogens (tertiary/aromatic N) is 3. The highest BCUT2D eigenvalue weighted by Crippen LogP contribution is 2.33. The van der Waals surface area contributed by atoms with E-state index in [0.717, 1.165) is 28.2 Å². The van der Waals surface area contributed by atoms with Crippen molar-refractivity contribution in [2.75, 3.05) is 0 Å². The van der Waals surface area contributed by atoms with E-state index in [0.29, 0.717) is 16.2 Å². The summed E-state index contributed by atoms with van der Waals surface area (Å²) < 4.78 is 2.93. The molecule has 0 radical (unpaired) electrons. The van der Waals surface area contributed by atoms with Crippen molar-refractivity contribution < 1.29 is 0 Å². The molecule has 0 atom stereocenters. The lowest BCUT2D eigenvalue weighted by Crippen LogP contribution is -2.18. The Bertz CT molecular complexity index is 633. The van der Waals surface area contributed by atoms with E-state index in [1.165, 1.54) is 25.7 Å². The van der Waals surface area contributed by atoms with Gasteiger partial charge in [0, 0.05) is 12.6 Å². The molecule has 1 aliphatic rings. The molecule has 1 aliphatic carbocycles. The van der Waals surface area contributed by atoms with E-state index < -0.39 is 0 Å². The first kappa shape index (κ1) is 14.6. The second kappa shape index (κ2) is 5.82. The summed E-state index contributed by atoms with van der Waals surface area (Å²) in [5, 5.41) is 0.806. The Balaban J connectivity index is 1.93. The number of hydrogen-bond acceptors (Lipinski definition) is 2. The fourth-order valence-electron chi connectivity index (χ4n) is 2.99. The SMILES string of the molecule is CC1CCC(Cn2c(Br)nc3cc(Cl)nc(Cl)c32)CC1. The Kier molecular flexibility index (Phi) is 4.25. The van der Waals surface area contributed by atoms with Crippen molar-refractivity contribution >= 4 is 50.2 Å². The molecule has 1 fully saturated rings. The lowest BCUT2D eigenvalue weighted by atomic mass is 9.83. The quantitative estimate of drug-likeness (QED) is 0.663. The third kappa shape index (κ3) is 2.83. The Morgan fingerprint density at radius 3 is 2.65 bits per heavy atom. The Morgan fingerprint density at radius 1 is 1.25 bits per heavy atom. The first-order chi connectivity index (χ1) is 9.54. The van der Waals surface area contributed by atoms with Crippen molar-refractivity contribution in [3.8, 4) is 0 Å². The molecule has 1 saturated carbocycles. The second-order valence-corrected chi connectivity index (χ2v) is 7.18. The number of hydrogen-bond donors (Lipinski definition) is 0. The fourth-order valence-corrected chi connectivity index (χ4v) is 4.02. The zero-order valence-corrected chi connectivity index (χ0v) is 14.3. The first-order valence-corrected chi connectivity index (χ1v) is 8.47. The highest BCUT2D eigenvalue weighted by atomic mass is 79.9. The van der Waals surface area contributed by atoms with Gasteiger partial charge in [0.1, 0.15) is 10.7 Å². The van der Waals surface area contributed by atoms with Gasteiger partial charge < -0.3 is 4.57 Å². The van der Waals surface area contributed by atoms with Crippen molar-refractivity contribution in [1.82, 2.24) is 14.5 Å². The van der Waals surface area contributed by atoms with Crippen molar-refractivity contribution in [2.45, 2.75) is 39.2 Å². The van der Waals surface area contributed by atoms with Crippen LogP contribution in [0, 0.1) is 11.8 Å². The van der Waals surface area contributed by atoms with Gasteiger partial charge in [-0.25, -0.2) is 9.97 Å². The maximum absolute atomic E-state index is 6.24. The minimum Gasteiger partial charge on any atom is -0.316 e. The van der Waals surface area contributed by atoms with Crippen molar-refractivity contribution in [3.05, 3.63) is 21.1 Å². The zero-order chi connectivity index (χ0) is 14.3. The van der Waals surface area contributed by atoms with Gasteiger partial charge in [0.15, 0.2) is 9.89 Å². The van der Waals surface area contributed by atoms with Crippen LogP contribution >= 0.6 is 39.1 Å². The summed E-state index contributed by atoms with van der Waals surface area (Å²) in [6.45, 7) is 3.27. The highest BCUT2D eigenvalue weighted by molar-refractivity contribution is 9.10. The van der Waals surface area contributed by atoms with E-state index in [9.17, 15) is 0 Å². The number of aromatic nitrogens is 3. The van der Waals surface area contributed by atoms with Gasteiger partial charge in [-0.3, -0.25) is 0 Å². The van der Waals surface area contributed by atoms with Crippen LogP contribution in [0.5, 0.6) is 0 Å². The monoisotopic (exact) mass is 375 g/mol. The van der Waals surface area contributed by atoms with Crippen LogP contribution < -0.4 is 0 Å². The summed E-state index contributed by atoms with van der Waals surface area (Å²) in [4.78, 5) is 8.62. The summed E-state index contributed by atoms with van der Waals surface area (Å²) in [7, 11) is 0. The van der Waals surface area contributed by atoms with E-state index in [1.54, 1.807) is 6.07 Å². The predicted molar refractivity (Wildman–Crippen MR) is 86.4 cm³/mol. The molecule has 0 unspecified atom stereocenters. The molecule has 20 heavy (non-hydrogen) atoms. The number of imidazole rings is 1. The molecule has 108 valence electrons. The number of rotatable bonds is 2. The highest BCUT2D eigenvalue weighted by Gasteiger charge is 2.21. The standard InChI is InChI=1S/C14H16BrCl2N3/c1-8-2-4-9(5-3-8)7-20-12-10(18-14(20)15)6-11(16)19-13(12)17/h6,8-9H,2-5,7H2,1H3. The number of pyridine rings is 1. The van der Waals surface area contributed by atoms with Crippen LogP contribution in [0.4, 0.5) is 0 Å². The van der Waals surface area contributed by atoms with Gasteiger partial charge in [-0.15, -0.1) is 0 Å². The summed E-state index contributed by atoms with van der Waals surface area (Å²) in [6, 6.07) is 1.76. The van der Waals surface area contributed by atoms with E-state index in [2.05, 4.69) is 37.4 Å². The van der Waals surface area contributed by atoms with Crippen LogP contribution in [0.15, 0.2) is 10.8 Å². The first-order valence-electron chi connectivity index (χ1n) is 6.92. The summed E-state index contributed by atoms with van der Waals surface area (Å²) in [5.41, 5.74) is 1.67. The third-order valence-electron chi connectivity index (χ3n) is 4.18. The van der Waals surface area contributed by atoms with Crippen LogP contribution in [0.25, 0.3) is 11.0 Å². The summed E-state index contributed by atoms with van der Waals surface area (Å²) in [6.07, 6.45) is 5.16. The molecule has 3 nitrogen and oxygen atoms in total. The minimum atomic E-state index is 0.381. The minimum absolute atomic E-state index is 0.381. The van der Waals surface area contributed by atoms with Gasteiger partial charge in [0.25, 0.3) is 0 Å². The summed E-state index contributed by atoms with van der Waals surface area (Å²) >= 11 is 15.7. The van der Waals surface area contributed by atoms with E-state index in [-0.39, 0.29) is 0 Å². The summed E-state index contributed by atoms with van der Waals surface area (Å²) in [5.74, 6) is 1.55. The van der Waals surface area contributed by atoms with Crippen molar-refractivity contribution in [3.63, 3.8) is 0 Å². The molecule has 0 saturated heterocycles. The molecule has 0 spiro atoms. The van der Waals surface area contributed by atoms with Gasteiger partial charge in [-0.1, -0.05) is 43.0 Å². The molecule has 0 N–H and O–H groups in total. The third-order valence-corrected chi connectivity index (χ3v) is 5.24. The van der Waals surface area contributed by atoms with Crippen LogP contribution in [0.1, 0.15) is 32.6 Å². The molecular formula is C14H16BrCl2N3. The van der Waals surface area contributed by atoms with Crippen LogP contribution in [-0.4, -0.2) is 14.5 Å². The van der Waals surface area contributed by atoms with Crippen LogP contribution in [0.2, 0.25) is 10.3 Å². The van der Waals surface area contributed by atoms with E-state index >= 15 is 0 Å². The molecule has 0 aromatic carbocycles. The average Bonchev–Trinajstić information content (AvgIpc) is 2.68. The molecule has 2 aromatic heterocycles. The Hall–Kier alpha value is -0.320. The maximum Gasteiger partial charge on any atom is 0.178 e. The molecule has 2 aromatic rings. The number of halogens is 3. The lowest BCUT2D eigenvalue weighted by molar-refractivity contribution is 0.265. The molecule has 0 bridgehead atoms. The maximum atomic E-state index is 6.24. The van der Waals surface area contributed by atoms with Gasteiger partial charge in [-0.05, 0) is 40.6 Å². The average molecular weight is 377 g/mol. The molecule has 2 heterocycles. The smallest absolute Gasteiger partial charge is 0.178 e. The second-order valence-electron chi connectivity index (χ2n) is 5.72. The lowest BCUT2D eigenvalue weighted by Gasteiger charge is -2.26. The van der Waals surface area contributed by atoms with Gasteiger partial charge >= 0.3 is 0 Å². The van der Waals surface area contributed by atoms with Crippen LogP contribution in [-0.2, 0) is 6.54 Å². The zero-order valence-electron chi connectivity index (χ0n) is 11.2. The molecule has 3 rings (SSSR count). The molecule has 6 heteroatoms. The normalized spacial score (nSPS) is 23.4. The van der Waals surface area contributed by atoms with Crippen molar-refractivity contribution in [1.29, 1.82) is 0 Å². The van der Waals surface area contributed by atoms with Crippen molar-refractivity contribution in [2.24, 2.45) is 11.8 Å². The molecule has 0 aliphatic heterocycles. The van der Waals surface area contributed by atoms with E-state index in [4.69, 9.17) is 23.2 Å². The molecule has 0 amide bonds. The Morgan fingerprint density at radius 2 is 1.95 bits per heavy atom. The van der Waals surface area contributed by atoms with Gasteiger partial charge in [0.2, 0.25) is 0 Å². The Labute approximate surface area is 136 Å². The molecular weight excluding hydrogens is 361 g/mol. The van der Waals surface area contributed by atoms with E-state index in [1.807, 2.05) is 0 Å². The largest absolute Gasteiger partial charge is 0.316 e. The topological polar surface area (TPSA) is 30.7 Å². The number of fused-ring (bicyclic) bond motifs is 1. The van der Waals surface area contributed by atoms with Gasteiger partial charge in [-0.2, -0.15) is 0 Å². The van der Waals surface area contributed by atoms with Crippen LogP contribution in [0.3, 0.4) is 0 Å².